The lowest BCUT2D eigenvalue weighted by Gasteiger charge is -2.26. The highest BCUT2D eigenvalue weighted by molar-refractivity contribution is 6.32. The van der Waals surface area contributed by atoms with Crippen molar-refractivity contribution in [1.82, 2.24) is 9.78 Å². The summed E-state index contributed by atoms with van der Waals surface area (Å²) in [6.45, 7) is 5.46. The normalized spacial score (nSPS) is 15.8. The van der Waals surface area contributed by atoms with Crippen molar-refractivity contribution >= 4 is 17.3 Å². The number of aliphatic hydroxyl groups is 1. The fraction of sp³-hybridized carbons (Fsp3) is 0.733. The Labute approximate surface area is 130 Å². The van der Waals surface area contributed by atoms with E-state index >= 15 is 0 Å². The molecule has 2 N–H and O–H groups in total. The van der Waals surface area contributed by atoms with E-state index < -0.39 is 0 Å². The van der Waals surface area contributed by atoms with Crippen molar-refractivity contribution in [2.75, 3.05) is 18.5 Å². The van der Waals surface area contributed by atoms with Crippen LogP contribution in [0.25, 0.3) is 0 Å². The van der Waals surface area contributed by atoms with E-state index in [9.17, 15) is 4.79 Å². The van der Waals surface area contributed by atoms with Gasteiger partial charge in [-0.05, 0) is 30.6 Å². The second kappa shape index (κ2) is 6.79. The van der Waals surface area contributed by atoms with Gasteiger partial charge in [-0.3, -0.25) is 4.79 Å². The quantitative estimate of drug-likeness (QED) is 0.811. The van der Waals surface area contributed by atoms with Crippen molar-refractivity contribution in [2.45, 2.75) is 46.1 Å². The van der Waals surface area contributed by atoms with E-state index in [1.165, 1.54) is 30.1 Å². The zero-order valence-electron chi connectivity index (χ0n) is 12.7. The number of nitrogens with one attached hydrogen (secondary N) is 1. The highest BCUT2D eigenvalue weighted by Crippen LogP contribution is 2.27. The van der Waals surface area contributed by atoms with Crippen LogP contribution in [0.5, 0.6) is 0 Å². The molecule has 1 saturated carbocycles. The Kier molecular flexibility index (Phi) is 5.27. The van der Waals surface area contributed by atoms with E-state index in [1.54, 1.807) is 0 Å². The van der Waals surface area contributed by atoms with Gasteiger partial charge in [-0.25, -0.2) is 4.68 Å². The molecule has 0 amide bonds. The molecule has 1 heterocycles. The van der Waals surface area contributed by atoms with E-state index in [2.05, 4.69) is 10.4 Å². The first-order valence-corrected chi connectivity index (χ1v) is 7.91. The maximum absolute atomic E-state index is 12.4. The molecule has 2 rings (SSSR count). The molecular formula is C15H24ClN3O2. The Hall–Kier alpha value is -1.07. The minimum absolute atomic E-state index is 0.105. The van der Waals surface area contributed by atoms with E-state index in [1.807, 2.05) is 13.8 Å². The first-order valence-electron chi connectivity index (χ1n) is 7.53. The van der Waals surface area contributed by atoms with Crippen LogP contribution < -0.4 is 10.9 Å². The Morgan fingerprint density at radius 1 is 1.52 bits per heavy atom. The number of aliphatic hydroxyl groups excluding tert-OH is 1. The molecular weight excluding hydrogens is 290 g/mol. The topological polar surface area (TPSA) is 67.2 Å². The zero-order valence-corrected chi connectivity index (χ0v) is 13.5. The van der Waals surface area contributed by atoms with Crippen LogP contribution in [-0.2, 0) is 6.54 Å². The van der Waals surface area contributed by atoms with Crippen LogP contribution in [0.2, 0.25) is 5.02 Å². The van der Waals surface area contributed by atoms with Gasteiger partial charge in [0.05, 0.1) is 11.2 Å². The number of nitrogens with zero attached hydrogens (tertiary/aromatic N) is 2. The fourth-order valence-corrected chi connectivity index (χ4v) is 2.59. The fourth-order valence-electron chi connectivity index (χ4n) is 2.40. The Morgan fingerprint density at radius 3 is 2.81 bits per heavy atom. The van der Waals surface area contributed by atoms with Crippen molar-refractivity contribution in [3.05, 3.63) is 21.6 Å². The third-order valence-electron chi connectivity index (χ3n) is 4.19. The Bertz CT molecular complexity index is 538. The maximum atomic E-state index is 12.4. The molecule has 1 fully saturated rings. The van der Waals surface area contributed by atoms with E-state index in [-0.39, 0.29) is 17.6 Å². The average Bonchev–Trinajstić information content (AvgIpc) is 2.35. The summed E-state index contributed by atoms with van der Waals surface area (Å²) in [6.07, 6.45) is 5.78. The second-order valence-electron chi connectivity index (χ2n) is 6.64. The summed E-state index contributed by atoms with van der Waals surface area (Å²) in [7, 11) is 0. The first kappa shape index (κ1) is 16.3. The predicted octanol–water partition coefficient (Wildman–Crippen LogP) is 2.52. The van der Waals surface area contributed by atoms with Crippen molar-refractivity contribution in [3.63, 3.8) is 0 Å². The number of halogens is 1. The minimum Gasteiger partial charge on any atom is -0.396 e. The summed E-state index contributed by atoms with van der Waals surface area (Å²) >= 11 is 6.10. The number of rotatable bonds is 7. The molecule has 0 spiro atoms. The second-order valence-corrected chi connectivity index (χ2v) is 7.05. The summed E-state index contributed by atoms with van der Waals surface area (Å²) < 4.78 is 1.51. The van der Waals surface area contributed by atoms with Crippen LogP contribution in [-0.4, -0.2) is 28.0 Å². The van der Waals surface area contributed by atoms with Gasteiger partial charge in [-0.2, -0.15) is 5.10 Å². The van der Waals surface area contributed by atoms with Crippen LogP contribution in [0.3, 0.4) is 0 Å². The molecule has 0 radical (unpaired) electrons. The summed E-state index contributed by atoms with van der Waals surface area (Å²) in [6, 6.07) is 0. The zero-order chi connectivity index (χ0) is 15.5. The van der Waals surface area contributed by atoms with Crippen molar-refractivity contribution in [1.29, 1.82) is 0 Å². The number of anilines is 1. The van der Waals surface area contributed by atoms with Gasteiger partial charge in [0.2, 0.25) is 0 Å². The highest BCUT2D eigenvalue weighted by atomic mass is 35.5. The average molecular weight is 314 g/mol. The SMILES string of the molecule is CC(C)(CCO)CNc1c(Cl)cnn(CC2CCC2)c1=O. The standard InChI is InChI=1S/C15H24ClN3O2/c1-15(2,6-7-20)10-17-13-12(16)8-18-19(14(13)21)9-11-4-3-5-11/h8,11,17,20H,3-7,9-10H2,1-2H3. The Balaban J connectivity index is 2.10. The summed E-state index contributed by atoms with van der Waals surface area (Å²) in [5, 5.41) is 16.7. The largest absolute Gasteiger partial charge is 0.396 e. The molecule has 0 bridgehead atoms. The van der Waals surface area contributed by atoms with Crippen LogP contribution in [0, 0.1) is 11.3 Å². The number of hydrogen-bond donors (Lipinski definition) is 2. The molecule has 0 aromatic carbocycles. The van der Waals surface area contributed by atoms with Crippen LogP contribution in [0.15, 0.2) is 11.0 Å². The summed E-state index contributed by atoms with van der Waals surface area (Å²) in [5.41, 5.74) is 0.151. The summed E-state index contributed by atoms with van der Waals surface area (Å²) in [5.74, 6) is 0.565. The molecule has 1 aliphatic carbocycles. The minimum atomic E-state index is -0.158. The van der Waals surface area contributed by atoms with Crippen molar-refractivity contribution < 1.29 is 5.11 Å². The predicted molar refractivity (Wildman–Crippen MR) is 84.8 cm³/mol. The molecule has 5 nitrogen and oxygen atoms in total. The van der Waals surface area contributed by atoms with Gasteiger partial charge in [-0.1, -0.05) is 31.9 Å². The monoisotopic (exact) mass is 313 g/mol. The lowest BCUT2D eigenvalue weighted by atomic mass is 9.85. The van der Waals surface area contributed by atoms with Gasteiger partial charge in [0.15, 0.2) is 0 Å². The van der Waals surface area contributed by atoms with Crippen LogP contribution >= 0.6 is 11.6 Å². The third-order valence-corrected chi connectivity index (χ3v) is 4.47. The van der Waals surface area contributed by atoms with Crippen LogP contribution in [0.4, 0.5) is 5.69 Å². The molecule has 0 aliphatic heterocycles. The van der Waals surface area contributed by atoms with Gasteiger partial charge in [0.1, 0.15) is 5.69 Å². The molecule has 0 atom stereocenters. The van der Waals surface area contributed by atoms with Gasteiger partial charge < -0.3 is 10.4 Å². The lowest BCUT2D eigenvalue weighted by molar-refractivity contribution is 0.220. The summed E-state index contributed by atoms with van der Waals surface area (Å²) in [4.78, 5) is 12.4. The molecule has 1 aromatic heterocycles. The molecule has 1 aliphatic rings. The Morgan fingerprint density at radius 2 is 2.24 bits per heavy atom. The number of aromatic nitrogens is 2. The molecule has 1 aromatic rings. The highest BCUT2D eigenvalue weighted by Gasteiger charge is 2.22. The molecule has 6 heteroatoms. The van der Waals surface area contributed by atoms with E-state index in [0.717, 1.165) is 0 Å². The van der Waals surface area contributed by atoms with Crippen molar-refractivity contribution in [3.8, 4) is 0 Å². The lowest BCUT2D eigenvalue weighted by Crippen LogP contribution is -2.33. The molecule has 0 saturated heterocycles. The van der Waals surface area contributed by atoms with Crippen molar-refractivity contribution in [2.24, 2.45) is 11.3 Å². The molecule has 0 unspecified atom stereocenters. The van der Waals surface area contributed by atoms with E-state index in [0.29, 0.717) is 36.1 Å². The van der Waals surface area contributed by atoms with Gasteiger partial charge in [0, 0.05) is 19.7 Å². The van der Waals surface area contributed by atoms with Crippen LogP contribution in [0.1, 0.15) is 39.5 Å². The molecule has 21 heavy (non-hydrogen) atoms. The third kappa shape index (κ3) is 4.20. The van der Waals surface area contributed by atoms with Gasteiger partial charge in [-0.15, -0.1) is 0 Å². The van der Waals surface area contributed by atoms with Gasteiger partial charge >= 0.3 is 0 Å². The number of hydrogen-bond acceptors (Lipinski definition) is 4. The first-order chi connectivity index (χ1) is 9.93. The van der Waals surface area contributed by atoms with Gasteiger partial charge in [0.25, 0.3) is 5.56 Å². The molecule has 118 valence electrons. The maximum Gasteiger partial charge on any atom is 0.291 e. The van der Waals surface area contributed by atoms with E-state index in [4.69, 9.17) is 16.7 Å². The smallest absolute Gasteiger partial charge is 0.291 e.